The van der Waals surface area contributed by atoms with Crippen LogP contribution in [-0.4, -0.2) is 0 Å². The van der Waals surface area contributed by atoms with Gasteiger partial charge in [-0.25, -0.2) is 0 Å². The molecular weight excluding hydrogens is 268 g/mol. The zero-order chi connectivity index (χ0) is 9.68. The molecule has 5 heteroatoms. The number of hydrogen-bond acceptors (Lipinski definition) is 4. The molecule has 0 unspecified atom stereocenters. The van der Waals surface area contributed by atoms with E-state index in [4.69, 9.17) is 11.5 Å². The first kappa shape index (κ1) is 10.6. The van der Waals surface area contributed by atoms with Gasteiger partial charge in [-0.2, -0.15) is 0 Å². The fourth-order valence-corrected chi connectivity index (χ4v) is 2.08. The van der Waals surface area contributed by atoms with Crippen molar-refractivity contribution in [2.24, 2.45) is 0 Å². The Labute approximate surface area is 93.3 Å². The van der Waals surface area contributed by atoms with Crippen LogP contribution in [0.2, 0.25) is 0 Å². The van der Waals surface area contributed by atoms with E-state index in [2.05, 4.69) is 15.9 Å². The molecule has 0 fully saturated rings. The van der Waals surface area contributed by atoms with Crippen LogP contribution in [0.1, 0.15) is 0 Å². The molecule has 0 radical (unpaired) electrons. The molecule has 0 amide bonds. The van der Waals surface area contributed by atoms with Gasteiger partial charge in [0.15, 0.2) is 0 Å². The first-order valence-corrected chi connectivity index (χ1v) is 6.03. The van der Waals surface area contributed by atoms with Crippen molar-refractivity contribution >= 4 is 49.3 Å². The van der Waals surface area contributed by atoms with Crippen LogP contribution in [0.15, 0.2) is 32.7 Å². The number of nitrogens with two attached hydrogens (primary N) is 2. The molecule has 0 aliphatic rings. The fourth-order valence-electron chi connectivity index (χ4n) is 0.589. The summed E-state index contributed by atoms with van der Waals surface area (Å²) < 4.78 is 1.20. The summed E-state index contributed by atoms with van der Waals surface area (Å²) in [6.07, 6.45) is 0. The summed E-state index contributed by atoms with van der Waals surface area (Å²) in [5.41, 5.74) is 11.3. The minimum Gasteiger partial charge on any atom is -0.396 e. The van der Waals surface area contributed by atoms with E-state index < -0.39 is 0 Å². The van der Waals surface area contributed by atoms with Gasteiger partial charge in [0.05, 0.1) is 9.47 Å². The lowest BCUT2D eigenvalue weighted by molar-refractivity contribution is 1.85. The Balaban J connectivity index is 0.000000132. The lowest BCUT2D eigenvalue weighted by atomic mass is 10.5. The Morgan fingerprint density at radius 1 is 1.08 bits per heavy atom. The average Bonchev–Trinajstić information content (AvgIpc) is 2.67. The molecule has 0 aromatic carbocycles. The zero-order valence-corrected chi connectivity index (χ0v) is 9.95. The van der Waals surface area contributed by atoms with E-state index >= 15 is 0 Å². The van der Waals surface area contributed by atoms with Gasteiger partial charge < -0.3 is 11.5 Å². The van der Waals surface area contributed by atoms with Crippen molar-refractivity contribution < 1.29 is 0 Å². The number of nitrogen functional groups attached to an aromatic ring is 2. The van der Waals surface area contributed by atoms with Gasteiger partial charge in [-0.15, -0.1) is 22.7 Å². The van der Waals surface area contributed by atoms with Gasteiger partial charge in [-0.3, -0.25) is 0 Å². The van der Waals surface area contributed by atoms with Crippen LogP contribution >= 0.6 is 38.6 Å². The van der Waals surface area contributed by atoms with Gasteiger partial charge in [0.2, 0.25) is 0 Å². The van der Waals surface area contributed by atoms with Crippen LogP contribution in [0.4, 0.5) is 10.7 Å². The van der Waals surface area contributed by atoms with Crippen molar-refractivity contribution in [3.8, 4) is 0 Å². The summed E-state index contributed by atoms with van der Waals surface area (Å²) >= 11 is 6.45. The van der Waals surface area contributed by atoms with Gasteiger partial charge in [0.1, 0.15) is 5.00 Å². The Bertz CT molecular complexity index is 326. The summed E-state index contributed by atoms with van der Waals surface area (Å²) in [6.45, 7) is 0. The van der Waals surface area contributed by atoms with Crippen LogP contribution in [0.25, 0.3) is 0 Å². The molecule has 0 aliphatic carbocycles. The van der Waals surface area contributed by atoms with E-state index in [1.807, 2.05) is 22.9 Å². The quantitative estimate of drug-likeness (QED) is 0.775. The van der Waals surface area contributed by atoms with Crippen molar-refractivity contribution in [3.63, 3.8) is 0 Å². The molecule has 0 spiro atoms. The molecule has 0 atom stereocenters. The lowest BCUT2D eigenvalue weighted by Gasteiger charge is -1.81. The van der Waals surface area contributed by atoms with E-state index in [9.17, 15) is 0 Å². The molecule has 0 bridgehead atoms. The highest BCUT2D eigenvalue weighted by Gasteiger charge is 1.88. The molecule has 4 N–H and O–H groups in total. The summed E-state index contributed by atoms with van der Waals surface area (Å²) in [5, 5.41) is 4.61. The highest BCUT2D eigenvalue weighted by atomic mass is 79.9. The van der Waals surface area contributed by atoms with Gasteiger partial charge in [-0.1, -0.05) is 6.07 Å². The molecule has 0 aliphatic heterocycles. The first-order chi connectivity index (χ1) is 6.20. The van der Waals surface area contributed by atoms with E-state index in [1.165, 1.54) is 15.1 Å². The smallest absolute Gasteiger partial charge is 0.109 e. The SMILES string of the molecule is Brc1cccs1.Nc1ccsc1N. The maximum Gasteiger partial charge on any atom is 0.109 e. The van der Waals surface area contributed by atoms with Crippen molar-refractivity contribution in [2.75, 3.05) is 11.5 Å². The molecule has 2 aromatic heterocycles. The van der Waals surface area contributed by atoms with Crippen LogP contribution < -0.4 is 11.5 Å². The third kappa shape index (κ3) is 3.80. The molecular formula is C8H9BrN2S2. The highest BCUT2D eigenvalue weighted by molar-refractivity contribution is 9.11. The summed E-state index contributed by atoms with van der Waals surface area (Å²) in [5.74, 6) is 0. The molecule has 0 saturated carbocycles. The summed E-state index contributed by atoms with van der Waals surface area (Å²) in [4.78, 5) is 0. The van der Waals surface area contributed by atoms with Gasteiger partial charge in [0, 0.05) is 0 Å². The van der Waals surface area contributed by atoms with Crippen molar-refractivity contribution in [3.05, 3.63) is 32.7 Å². The van der Waals surface area contributed by atoms with E-state index in [0.717, 1.165) is 0 Å². The second-order valence-corrected chi connectivity index (χ2v) is 5.43. The molecule has 2 rings (SSSR count). The van der Waals surface area contributed by atoms with Crippen molar-refractivity contribution in [1.82, 2.24) is 0 Å². The second-order valence-electron chi connectivity index (χ2n) is 2.16. The zero-order valence-electron chi connectivity index (χ0n) is 6.74. The summed E-state index contributed by atoms with van der Waals surface area (Å²) in [7, 11) is 0. The number of hydrogen-bond donors (Lipinski definition) is 2. The Morgan fingerprint density at radius 3 is 2.00 bits per heavy atom. The number of rotatable bonds is 0. The molecule has 2 heterocycles. The molecule has 13 heavy (non-hydrogen) atoms. The first-order valence-electron chi connectivity index (χ1n) is 3.47. The van der Waals surface area contributed by atoms with Crippen LogP contribution in [0.3, 0.4) is 0 Å². The van der Waals surface area contributed by atoms with E-state index in [0.29, 0.717) is 10.7 Å². The minimum atomic E-state index is 0.685. The molecule has 70 valence electrons. The fraction of sp³-hybridized carbons (Fsp3) is 0. The molecule has 2 aromatic rings. The number of anilines is 2. The largest absolute Gasteiger partial charge is 0.396 e. The average molecular weight is 277 g/mol. The highest BCUT2D eigenvalue weighted by Crippen LogP contribution is 2.19. The van der Waals surface area contributed by atoms with Crippen molar-refractivity contribution in [1.29, 1.82) is 0 Å². The second kappa shape index (κ2) is 5.26. The standard InChI is InChI=1S/C4H3BrS.C4H6N2S/c5-4-2-1-3-6-4;5-3-1-2-7-4(3)6/h1-3H;1-2H,5-6H2. The molecule has 0 saturated heterocycles. The van der Waals surface area contributed by atoms with Gasteiger partial charge in [-0.05, 0) is 38.8 Å². The number of halogens is 1. The summed E-state index contributed by atoms with van der Waals surface area (Å²) in [6, 6.07) is 5.82. The third-order valence-corrected chi connectivity index (χ3v) is 3.45. The van der Waals surface area contributed by atoms with E-state index in [1.54, 1.807) is 17.4 Å². The van der Waals surface area contributed by atoms with Crippen LogP contribution in [-0.2, 0) is 0 Å². The minimum absolute atomic E-state index is 0.685. The Morgan fingerprint density at radius 2 is 1.85 bits per heavy atom. The van der Waals surface area contributed by atoms with Gasteiger partial charge >= 0.3 is 0 Å². The third-order valence-electron chi connectivity index (χ3n) is 1.21. The van der Waals surface area contributed by atoms with E-state index in [-0.39, 0.29) is 0 Å². The Hall–Kier alpha value is -0.520. The van der Waals surface area contributed by atoms with Crippen LogP contribution in [0.5, 0.6) is 0 Å². The Kier molecular flexibility index (Phi) is 4.27. The normalized spacial score (nSPS) is 9.00. The topological polar surface area (TPSA) is 52.0 Å². The monoisotopic (exact) mass is 276 g/mol. The van der Waals surface area contributed by atoms with Crippen molar-refractivity contribution in [2.45, 2.75) is 0 Å². The lowest BCUT2D eigenvalue weighted by Crippen LogP contribution is -1.86. The maximum atomic E-state index is 5.33. The van der Waals surface area contributed by atoms with Gasteiger partial charge in [0.25, 0.3) is 0 Å². The maximum absolute atomic E-state index is 5.33. The predicted octanol–water partition coefficient (Wildman–Crippen LogP) is 3.42. The number of thiophene rings is 2. The molecule has 2 nitrogen and oxygen atoms in total. The van der Waals surface area contributed by atoms with Crippen LogP contribution in [0, 0.1) is 0 Å². The predicted molar refractivity (Wildman–Crippen MR) is 65.2 cm³/mol.